The molecule has 2 aliphatic heterocycles. The van der Waals surface area contributed by atoms with Gasteiger partial charge in [-0.2, -0.15) is 11.8 Å². The minimum atomic E-state index is 0.709. The summed E-state index contributed by atoms with van der Waals surface area (Å²) in [5.74, 6) is 4.50. The molecule has 0 spiro atoms. The van der Waals surface area contributed by atoms with Crippen molar-refractivity contribution in [1.82, 2.24) is 5.32 Å². The summed E-state index contributed by atoms with van der Waals surface area (Å²) in [6, 6.07) is 0.709. The second kappa shape index (κ2) is 6.87. The average molecular weight is 243 g/mol. The molecule has 0 aromatic carbocycles. The first-order valence-corrected chi connectivity index (χ1v) is 7.94. The van der Waals surface area contributed by atoms with Crippen molar-refractivity contribution in [2.75, 3.05) is 31.3 Å². The van der Waals surface area contributed by atoms with Gasteiger partial charge in [-0.1, -0.05) is 6.92 Å². The maximum Gasteiger partial charge on any atom is 0.0510 e. The minimum absolute atomic E-state index is 0.709. The zero-order chi connectivity index (χ0) is 11.2. The molecule has 2 heterocycles. The Hall–Kier alpha value is 0.270. The van der Waals surface area contributed by atoms with Gasteiger partial charge in [0.15, 0.2) is 0 Å². The lowest BCUT2D eigenvalue weighted by Crippen LogP contribution is -2.38. The van der Waals surface area contributed by atoms with Crippen molar-refractivity contribution in [2.24, 2.45) is 11.8 Å². The van der Waals surface area contributed by atoms with Crippen LogP contribution in [0.1, 0.15) is 32.6 Å². The highest BCUT2D eigenvalue weighted by Gasteiger charge is 2.28. The highest BCUT2D eigenvalue weighted by atomic mass is 32.2. The van der Waals surface area contributed by atoms with Crippen molar-refractivity contribution in [2.45, 2.75) is 38.6 Å². The van der Waals surface area contributed by atoms with Crippen molar-refractivity contribution in [3.8, 4) is 0 Å². The molecule has 0 amide bonds. The largest absolute Gasteiger partial charge is 0.381 e. The average Bonchev–Trinajstić information content (AvgIpc) is 2.83. The van der Waals surface area contributed by atoms with Crippen LogP contribution >= 0.6 is 11.8 Å². The molecule has 16 heavy (non-hydrogen) atoms. The predicted octanol–water partition coefficient (Wildman–Crippen LogP) is 2.53. The molecule has 2 rings (SSSR count). The van der Waals surface area contributed by atoms with E-state index in [1.165, 1.54) is 37.2 Å². The van der Waals surface area contributed by atoms with E-state index in [0.29, 0.717) is 6.04 Å². The van der Waals surface area contributed by atoms with Gasteiger partial charge in [-0.15, -0.1) is 0 Å². The Bertz CT molecular complexity index is 188. The summed E-state index contributed by atoms with van der Waals surface area (Å²) in [5, 5.41) is 3.69. The zero-order valence-electron chi connectivity index (χ0n) is 10.4. The van der Waals surface area contributed by atoms with E-state index in [9.17, 15) is 0 Å². The number of rotatable bonds is 5. The fourth-order valence-corrected chi connectivity index (χ4v) is 4.12. The molecule has 2 atom stereocenters. The lowest BCUT2D eigenvalue weighted by molar-refractivity contribution is 0.171. The van der Waals surface area contributed by atoms with Gasteiger partial charge in [-0.3, -0.25) is 0 Å². The summed E-state index contributed by atoms with van der Waals surface area (Å²) in [5.41, 5.74) is 0. The minimum Gasteiger partial charge on any atom is -0.381 e. The van der Waals surface area contributed by atoms with Crippen molar-refractivity contribution in [3.63, 3.8) is 0 Å². The topological polar surface area (TPSA) is 21.3 Å². The molecule has 2 unspecified atom stereocenters. The molecule has 2 nitrogen and oxygen atoms in total. The molecular weight excluding hydrogens is 218 g/mol. The highest BCUT2D eigenvalue weighted by Crippen LogP contribution is 2.29. The van der Waals surface area contributed by atoms with Crippen molar-refractivity contribution in [3.05, 3.63) is 0 Å². The van der Waals surface area contributed by atoms with E-state index >= 15 is 0 Å². The second-order valence-electron chi connectivity index (χ2n) is 5.08. The van der Waals surface area contributed by atoms with Crippen LogP contribution in [0.4, 0.5) is 0 Å². The summed E-state index contributed by atoms with van der Waals surface area (Å²) in [7, 11) is 0. The Labute approximate surface area is 104 Å². The summed E-state index contributed by atoms with van der Waals surface area (Å²) in [4.78, 5) is 0. The van der Waals surface area contributed by atoms with Gasteiger partial charge in [-0.25, -0.2) is 0 Å². The standard InChI is InChI=1S/C13H25NOS/c1-2-14-13(12-3-6-15-10-12)9-11-4-7-16-8-5-11/h11-14H,2-10H2,1H3. The third kappa shape index (κ3) is 3.64. The van der Waals surface area contributed by atoms with E-state index in [-0.39, 0.29) is 0 Å². The molecule has 0 bridgehead atoms. The van der Waals surface area contributed by atoms with Gasteiger partial charge in [0, 0.05) is 12.6 Å². The first-order chi connectivity index (χ1) is 7.90. The summed E-state index contributed by atoms with van der Waals surface area (Å²) >= 11 is 2.13. The van der Waals surface area contributed by atoms with E-state index in [0.717, 1.165) is 31.6 Å². The number of nitrogens with one attached hydrogen (secondary N) is 1. The molecule has 0 aliphatic carbocycles. The molecule has 2 aliphatic rings. The molecule has 0 aromatic rings. The first kappa shape index (κ1) is 12.7. The molecule has 0 aromatic heterocycles. The third-order valence-electron chi connectivity index (χ3n) is 3.93. The molecule has 94 valence electrons. The Morgan fingerprint density at radius 2 is 2.12 bits per heavy atom. The van der Waals surface area contributed by atoms with Gasteiger partial charge in [0.05, 0.1) is 6.61 Å². The lowest BCUT2D eigenvalue weighted by atomic mass is 9.87. The molecule has 1 N–H and O–H groups in total. The van der Waals surface area contributed by atoms with E-state index < -0.39 is 0 Å². The molecule has 3 heteroatoms. The zero-order valence-corrected chi connectivity index (χ0v) is 11.2. The number of thioether (sulfide) groups is 1. The molecule has 0 radical (unpaired) electrons. The van der Waals surface area contributed by atoms with Crippen LogP contribution < -0.4 is 5.32 Å². The van der Waals surface area contributed by atoms with Crippen LogP contribution in [0.5, 0.6) is 0 Å². The van der Waals surface area contributed by atoms with Gasteiger partial charge in [0.2, 0.25) is 0 Å². The van der Waals surface area contributed by atoms with Crippen LogP contribution in [-0.4, -0.2) is 37.3 Å². The number of ether oxygens (including phenoxy) is 1. The van der Waals surface area contributed by atoms with Crippen molar-refractivity contribution < 1.29 is 4.74 Å². The summed E-state index contributed by atoms with van der Waals surface area (Å²) < 4.78 is 5.53. The Balaban J connectivity index is 1.80. The third-order valence-corrected chi connectivity index (χ3v) is 4.98. The normalized spacial score (nSPS) is 29.4. The smallest absolute Gasteiger partial charge is 0.0510 e. The van der Waals surface area contributed by atoms with Crippen LogP contribution in [-0.2, 0) is 4.74 Å². The monoisotopic (exact) mass is 243 g/mol. The number of hydrogen-bond donors (Lipinski definition) is 1. The van der Waals surface area contributed by atoms with Gasteiger partial charge in [0.25, 0.3) is 0 Å². The maximum atomic E-state index is 5.53. The van der Waals surface area contributed by atoms with Crippen LogP contribution in [0.15, 0.2) is 0 Å². The van der Waals surface area contributed by atoms with Gasteiger partial charge in [-0.05, 0) is 55.6 Å². The van der Waals surface area contributed by atoms with Gasteiger partial charge < -0.3 is 10.1 Å². The van der Waals surface area contributed by atoms with E-state index in [1.54, 1.807) is 0 Å². The predicted molar refractivity (Wildman–Crippen MR) is 71.1 cm³/mol. The molecule has 2 saturated heterocycles. The van der Waals surface area contributed by atoms with Crippen LogP contribution in [0.3, 0.4) is 0 Å². The summed E-state index contributed by atoms with van der Waals surface area (Å²) in [6.07, 6.45) is 5.50. The molecular formula is C13H25NOS. The van der Waals surface area contributed by atoms with E-state index in [4.69, 9.17) is 4.74 Å². The lowest BCUT2D eigenvalue weighted by Gasteiger charge is -2.29. The highest BCUT2D eigenvalue weighted by molar-refractivity contribution is 7.99. The van der Waals surface area contributed by atoms with Crippen LogP contribution in [0, 0.1) is 11.8 Å². The summed E-state index contributed by atoms with van der Waals surface area (Å²) in [6.45, 7) is 5.29. The SMILES string of the molecule is CCNC(CC1CCSCC1)C1CCOC1. The Morgan fingerprint density at radius 3 is 2.75 bits per heavy atom. The van der Waals surface area contributed by atoms with Crippen LogP contribution in [0.2, 0.25) is 0 Å². The van der Waals surface area contributed by atoms with Gasteiger partial charge >= 0.3 is 0 Å². The first-order valence-electron chi connectivity index (χ1n) is 6.79. The Morgan fingerprint density at radius 1 is 1.31 bits per heavy atom. The number of hydrogen-bond acceptors (Lipinski definition) is 3. The molecule has 2 fully saturated rings. The van der Waals surface area contributed by atoms with Gasteiger partial charge in [0.1, 0.15) is 0 Å². The fraction of sp³-hybridized carbons (Fsp3) is 1.00. The Kier molecular flexibility index (Phi) is 5.46. The quantitative estimate of drug-likeness (QED) is 0.802. The van der Waals surface area contributed by atoms with E-state index in [2.05, 4.69) is 24.0 Å². The van der Waals surface area contributed by atoms with Crippen LogP contribution in [0.25, 0.3) is 0 Å². The second-order valence-corrected chi connectivity index (χ2v) is 6.30. The fourth-order valence-electron chi connectivity index (χ4n) is 2.92. The van der Waals surface area contributed by atoms with E-state index in [1.807, 2.05) is 0 Å². The van der Waals surface area contributed by atoms with Crippen molar-refractivity contribution >= 4 is 11.8 Å². The maximum absolute atomic E-state index is 5.53. The molecule has 0 saturated carbocycles. The van der Waals surface area contributed by atoms with Crippen molar-refractivity contribution in [1.29, 1.82) is 0 Å².